The fourth-order valence-corrected chi connectivity index (χ4v) is 4.36. The monoisotopic (exact) mass is 322 g/mol. The normalized spacial score (nSPS) is 15.8. The smallest absolute Gasteiger partial charge is 0.214 e. The molecule has 0 radical (unpaired) electrons. The minimum Gasteiger partial charge on any atom is -0.216 e. The Morgan fingerprint density at radius 3 is 2.61 bits per heavy atom. The van der Waals surface area contributed by atoms with Crippen LogP contribution in [0.15, 0.2) is 24.3 Å². The summed E-state index contributed by atoms with van der Waals surface area (Å²) in [5.74, 6) is 0.546. The number of benzene rings is 1. The van der Waals surface area contributed by atoms with E-state index in [9.17, 15) is 5.26 Å². The van der Waals surface area contributed by atoms with E-state index in [0.717, 1.165) is 21.2 Å². The van der Waals surface area contributed by atoms with E-state index in [2.05, 4.69) is 13.0 Å². The average molecular weight is 322 g/mol. The van der Waals surface area contributed by atoms with Gasteiger partial charge in [0.25, 0.3) is 0 Å². The van der Waals surface area contributed by atoms with Gasteiger partial charge < -0.3 is 0 Å². The molecule has 0 saturated heterocycles. The Hall–Kier alpha value is -2.19. The van der Waals surface area contributed by atoms with E-state index in [1.807, 2.05) is 24.3 Å². The third kappa shape index (κ3) is 2.53. The maximum atomic E-state index is 9.59. The van der Waals surface area contributed by atoms with Gasteiger partial charge in [-0.2, -0.15) is 14.9 Å². The Morgan fingerprint density at radius 2 is 1.91 bits per heavy atom. The number of hydrogen-bond acceptors (Lipinski definition) is 4. The van der Waals surface area contributed by atoms with E-state index in [0.29, 0.717) is 11.6 Å². The van der Waals surface area contributed by atoms with Gasteiger partial charge in [-0.1, -0.05) is 60.4 Å². The SMILES string of the molecule is Cc1ccc(-c2nc3sc(C4CCCCC4)nn3c2C#N)cc1. The lowest BCUT2D eigenvalue weighted by Gasteiger charge is -2.18. The van der Waals surface area contributed by atoms with Gasteiger partial charge in [0.2, 0.25) is 4.96 Å². The van der Waals surface area contributed by atoms with E-state index < -0.39 is 0 Å². The molecule has 1 saturated carbocycles. The van der Waals surface area contributed by atoms with Gasteiger partial charge >= 0.3 is 0 Å². The number of aromatic nitrogens is 3. The van der Waals surface area contributed by atoms with Crippen LogP contribution < -0.4 is 0 Å². The molecule has 0 amide bonds. The Bertz CT molecular complexity index is 876. The maximum absolute atomic E-state index is 9.59. The van der Waals surface area contributed by atoms with Crippen LogP contribution in [0.3, 0.4) is 0 Å². The summed E-state index contributed by atoms with van der Waals surface area (Å²) in [4.78, 5) is 5.53. The Morgan fingerprint density at radius 1 is 1.17 bits per heavy atom. The number of nitrogens with zero attached hydrogens (tertiary/aromatic N) is 4. The van der Waals surface area contributed by atoms with Crippen molar-refractivity contribution in [3.63, 3.8) is 0 Å². The molecule has 0 N–H and O–H groups in total. The van der Waals surface area contributed by atoms with Gasteiger partial charge in [0.1, 0.15) is 16.8 Å². The van der Waals surface area contributed by atoms with Gasteiger partial charge in [-0.05, 0) is 19.8 Å². The molecule has 0 atom stereocenters. The summed E-state index contributed by atoms with van der Waals surface area (Å²) in [5, 5.41) is 15.5. The lowest BCUT2D eigenvalue weighted by molar-refractivity contribution is 0.439. The lowest BCUT2D eigenvalue weighted by atomic mass is 9.90. The zero-order valence-corrected chi connectivity index (χ0v) is 13.9. The molecule has 0 bridgehead atoms. The molecule has 1 aliphatic rings. The first kappa shape index (κ1) is 14.4. The van der Waals surface area contributed by atoms with Crippen molar-refractivity contribution in [1.82, 2.24) is 14.6 Å². The van der Waals surface area contributed by atoms with E-state index in [4.69, 9.17) is 10.1 Å². The van der Waals surface area contributed by atoms with E-state index in [1.165, 1.54) is 37.7 Å². The summed E-state index contributed by atoms with van der Waals surface area (Å²) in [6.07, 6.45) is 6.32. The minimum atomic E-state index is 0.544. The van der Waals surface area contributed by atoms with Crippen LogP contribution in [0.25, 0.3) is 16.2 Å². The molecule has 0 aliphatic heterocycles. The number of fused-ring (bicyclic) bond motifs is 1. The second-order valence-corrected chi connectivity index (χ2v) is 7.24. The summed E-state index contributed by atoms with van der Waals surface area (Å²) in [7, 11) is 0. The summed E-state index contributed by atoms with van der Waals surface area (Å²) >= 11 is 1.64. The first-order valence-electron chi connectivity index (χ1n) is 8.13. The van der Waals surface area contributed by atoms with Gasteiger partial charge in [-0.15, -0.1) is 0 Å². The number of nitriles is 1. The van der Waals surface area contributed by atoms with Crippen molar-refractivity contribution >= 4 is 16.3 Å². The Balaban J connectivity index is 1.77. The standard InChI is InChI=1S/C18H18N4S/c1-12-7-9-13(10-8-12)16-15(11-19)22-18(20-16)23-17(21-22)14-5-3-2-4-6-14/h7-10,14H,2-6H2,1H3. The van der Waals surface area contributed by atoms with Crippen molar-refractivity contribution in [2.45, 2.75) is 44.9 Å². The summed E-state index contributed by atoms with van der Waals surface area (Å²) in [6.45, 7) is 2.05. The van der Waals surface area contributed by atoms with E-state index in [-0.39, 0.29) is 0 Å². The zero-order chi connectivity index (χ0) is 15.8. The number of rotatable bonds is 2. The molecule has 4 nitrogen and oxygen atoms in total. The van der Waals surface area contributed by atoms with Crippen LogP contribution >= 0.6 is 11.3 Å². The largest absolute Gasteiger partial charge is 0.216 e. The molecular weight excluding hydrogens is 304 g/mol. The molecule has 5 heteroatoms. The molecule has 2 heterocycles. The zero-order valence-electron chi connectivity index (χ0n) is 13.1. The molecule has 0 spiro atoms. The highest BCUT2D eigenvalue weighted by Gasteiger charge is 2.23. The highest BCUT2D eigenvalue weighted by Crippen LogP contribution is 2.36. The van der Waals surface area contributed by atoms with Crippen LogP contribution in [0.2, 0.25) is 0 Å². The average Bonchev–Trinajstić information content (AvgIpc) is 3.14. The van der Waals surface area contributed by atoms with Crippen molar-refractivity contribution in [3.05, 3.63) is 40.5 Å². The van der Waals surface area contributed by atoms with Gasteiger partial charge in [0.05, 0.1) is 0 Å². The summed E-state index contributed by atoms with van der Waals surface area (Å²) in [6, 6.07) is 10.4. The fraction of sp³-hybridized carbons (Fsp3) is 0.389. The molecule has 1 aliphatic carbocycles. The van der Waals surface area contributed by atoms with Crippen LogP contribution in [0.4, 0.5) is 0 Å². The Kier molecular flexibility index (Phi) is 3.62. The van der Waals surface area contributed by atoms with Crippen molar-refractivity contribution in [3.8, 4) is 17.3 Å². The lowest BCUT2D eigenvalue weighted by Crippen LogP contribution is -2.05. The van der Waals surface area contributed by atoms with Crippen molar-refractivity contribution in [2.75, 3.05) is 0 Å². The molecule has 1 fully saturated rings. The topological polar surface area (TPSA) is 54.0 Å². The summed E-state index contributed by atoms with van der Waals surface area (Å²) in [5.41, 5.74) is 3.46. The van der Waals surface area contributed by atoms with Crippen molar-refractivity contribution in [2.24, 2.45) is 0 Å². The second kappa shape index (κ2) is 5.78. The second-order valence-electron chi connectivity index (χ2n) is 6.26. The first-order valence-corrected chi connectivity index (χ1v) is 8.94. The maximum Gasteiger partial charge on any atom is 0.214 e. The van der Waals surface area contributed by atoms with E-state index in [1.54, 1.807) is 15.9 Å². The highest BCUT2D eigenvalue weighted by atomic mass is 32.1. The van der Waals surface area contributed by atoms with Crippen molar-refractivity contribution < 1.29 is 0 Å². The van der Waals surface area contributed by atoms with Crippen molar-refractivity contribution in [1.29, 1.82) is 5.26 Å². The van der Waals surface area contributed by atoms with Crippen LogP contribution in [0.5, 0.6) is 0 Å². The number of aryl methyl sites for hydroxylation is 1. The predicted molar refractivity (Wildman–Crippen MR) is 91.6 cm³/mol. The third-order valence-electron chi connectivity index (χ3n) is 4.60. The number of imidazole rings is 1. The molecule has 23 heavy (non-hydrogen) atoms. The molecule has 3 aromatic rings. The predicted octanol–water partition coefficient (Wildman–Crippen LogP) is 4.69. The quantitative estimate of drug-likeness (QED) is 0.688. The van der Waals surface area contributed by atoms with Crippen LogP contribution in [0, 0.1) is 18.3 Å². The van der Waals surface area contributed by atoms with Gasteiger partial charge in [-0.25, -0.2) is 4.98 Å². The summed E-state index contributed by atoms with van der Waals surface area (Å²) < 4.78 is 1.74. The molecular formula is C18H18N4S. The van der Waals surface area contributed by atoms with E-state index >= 15 is 0 Å². The fourth-order valence-electron chi connectivity index (χ4n) is 3.29. The van der Waals surface area contributed by atoms with Gasteiger partial charge in [-0.3, -0.25) is 0 Å². The minimum absolute atomic E-state index is 0.544. The number of hydrogen-bond donors (Lipinski definition) is 0. The molecule has 116 valence electrons. The molecule has 2 aromatic heterocycles. The van der Waals surface area contributed by atoms with Crippen LogP contribution in [-0.4, -0.2) is 14.6 Å². The van der Waals surface area contributed by atoms with Gasteiger partial charge in [0, 0.05) is 11.5 Å². The molecule has 4 rings (SSSR count). The van der Waals surface area contributed by atoms with Crippen LogP contribution in [-0.2, 0) is 0 Å². The first-order chi connectivity index (χ1) is 11.3. The van der Waals surface area contributed by atoms with Crippen LogP contribution in [0.1, 0.15) is 54.3 Å². The van der Waals surface area contributed by atoms with Gasteiger partial charge in [0.15, 0.2) is 5.69 Å². The molecule has 1 aromatic carbocycles. The third-order valence-corrected chi connectivity index (χ3v) is 5.68. The Labute approximate surface area is 139 Å². The highest BCUT2D eigenvalue weighted by molar-refractivity contribution is 7.16. The molecule has 0 unspecified atom stereocenters.